The van der Waals surface area contributed by atoms with Crippen molar-refractivity contribution < 1.29 is 14.3 Å². The zero-order valence-electron chi connectivity index (χ0n) is 15.8. The lowest BCUT2D eigenvalue weighted by Gasteiger charge is -2.18. The highest BCUT2D eigenvalue weighted by molar-refractivity contribution is 5.94. The van der Waals surface area contributed by atoms with E-state index in [4.69, 9.17) is 4.74 Å². The van der Waals surface area contributed by atoms with Gasteiger partial charge in [-0.3, -0.25) is 9.59 Å². The fourth-order valence-corrected chi connectivity index (χ4v) is 2.63. The van der Waals surface area contributed by atoms with Crippen molar-refractivity contribution in [3.8, 4) is 5.75 Å². The summed E-state index contributed by atoms with van der Waals surface area (Å²) in [5.41, 5.74) is 3.88. The predicted octanol–water partition coefficient (Wildman–Crippen LogP) is 3.09. The third kappa shape index (κ3) is 5.92. The van der Waals surface area contributed by atoms with E-state index in [9.17, 15) is 9.59 Å². The summed E-state index contributed by atoms with van der Waals surface area (Å²) in [5.74, 6) is 0.694. The summed E-state index contributed by atoms with van der Waals surface area (Å²) in [4.78, 5) is 25.1. The second kappa shape index (κ2) is 9.04. The van der Waals surface area contributed by atoms with Crippen molar-refractivity contribution in [1.29, 1.82) is 0 Å². The summed E-state index contributed by atoms with van der Waals surface area (Å²) in [5, 5.41) is 2.73. The first-order chi connectivity index (χ1) is 12.3. The van der Waals surface area contributed by atoms with Crippen molar-refractivity contribution in [3.63, 3.8) is 0 Å². The molecule has 0 aliphatic carbocycles. The van der Waals surface area contributed by atoms with Crippen LogP contribution < -0.4 is 10.1 Å². The third-order valence-electron chi connectivity index (χ3n) is 3.98. The fraction of sp³-hybridized carbons (Fsp3) is 0.333. The Hall–Kier alpha value is -2.82. The van der Waals surface area contributed by atoms with Gasteiger partial charge in [-0.15, -0.1) is 0 Å². The van der Waals surface area contributed by atoms with Crippen molar-refractivity contribution in [2.24, 2.45) is 0 Å². The van der Waals surface area contributed by atoms with Gasteiger partial charge in [-0.25, -0.2) is 0 Å². The van der Waals surface area contributed by atoms with Crippen molar-refractivity contribution >= 4 is 11.8 Å². The number of amides is 2. The van der Waals surface area contributed by atoms with Gasteiger partial charge in [0.05, 0.1) is 6.54 Å². The van der Waals surface area contributed by atoms with Gasteiger partial charge in [-0.1, -0.05) is 18.2 Å². The molecule has 138 valence electrons. The van der Waals surface area contributed by atoms with Gasteiger partial charge in [0.25, 0.3) is 5.91 Å². The Labute approximate surface area is 155 Å². The van der Waals surface area contributed by atoms with Crippen LogP contribution in [-0.2, 0) is 11.3 Å². The zero-order chi connectivity index (χ0) is 19.1. The van der Waals surface area contributed by atoms with Gasteiger partial charge in [-0.2, -0.15) is 0 Å². The first-order valence-corrected chi connectivity index (χ1v) is 8.65. The van der Waals surface area contributed by atoms with E-state index < -0.39 is 0 Å². The number of nitrogens with zero attached hydrogens (tertiary/aromatic N) is 1. The predicted molar refractivity (Wildman–Crippen MR) is 102 cm³/mol. The van der Waals surface area contributed by atoms with E-state index in [1.54, 1.807) is 24.1 Å². The number of aryl methyl sites for hydroxylation is 2. The number of ether oxygens (including phenoxy) is 1. The molecule has 0 spiro atoms. The Morgan fingerprint density at radius 1 is 1.04 bits per heavy atom. The Balaban J connectivity index is 1.85. The molecule has 2 aromatic carbocycles. The lowest BCUT2D eigenvalue weighted by atomic mass is 10.1. The van der Waals surface area contributed by atoms with Gasteiger partial charge in [0, 0.05) is 26.1 Å². The number of hydrogen-bond donors (Lipinski definition) is 1. The topological polar surface area (TPSA) is 58.6 Å². The molecule has 5 heteroatoms. The molecule has 1 N–H and O–H groups in total. The number of nitrogens with one attached hydrogen (secondary N) is 1. The van der Waals surface area contributed by atoms with Gasteiger partial charge >= 0.3 is 0 Å². The summed E-state index contributed by atoms with van der Waals surface area (Å²) in [6, 6.07) is 13.3. The molecule has 0 saturated carbocycles. The molecule has 0 aliphatic rings. The standard InChI is InChI=1S/C21H26N2O3/c1-15-11-16(2)13-20(12-15)26-10-9-23(4)21(25)19-7-5-18(6-8-19)14-22-17(3)24/h5-8,11-13H,9-10,14H2,1-4H3,(H,22,24). The molecule has 2 amide bonds. The molecule has 0 bridgehead atoms. The average molecular weight is 354 g/mol. The Morgan fingerprint density at radius 2 is 1.65 bits per heavy atom. The van der Waals surface area contributed by atoms with Crippen LogP contribution >= 0.6 is 0 Å². The zero-order valence-corrected chi connectivity index (χ0v) is 15.8. The second-order valence-corrected chi connectivity index (χ2v) is 6.51. The highest BCUT2D eigenvalue weighted by Crippen LogP contribution is 2.16. The summed E-state index contributed by atoms with van der Waals surface area (Å²) < 4.78 is 5.76. The molecule has 5 nitrogen and oxygen atoms in total. The first-order valence-electron chi connectivity index (χ1n) is 8.65. The van der Waals surface area contributed by atoms with Crippen LogP contribution in [0.1, 0.15) is 34.0 Å². The van der Waals surface area contributed by atoms with E-state index in [-0.39, 0.29) is 11.8 Å². The third-order valence-corrected chi connectivity index (χ3v) is 3.98. The SMILES string of the molecule is CC(=O)NCc1ccc(C(=O)N(C)CCOc2cc(C)cc(C)c2)cc1. The molecule has 0 aromatic heterocycles. The summed E-state index contributed by atoms with van der Waals surface area (Å²) in [7, 11) is 1.76. The van der Waals surface area contributed by atoms with Gasteiger partial charge < -0.3 is 15.0 Å². The monoisotopic (exact) mass is 354 g/mol. The van der Waals surface area contributed by atoms with E-state index in [1.165, 1.54) is 6.92 Å². The fourth-order valence-electron chi connectivity index (χ4n) is 2.63. The molecule has 26 heavy (non-hydrogen) atoms. The number of likely N-dealkylation sites (N-methyl/N-ethyl adjacent to an activating group) is 1. The number of hydrogen-bond acceptors (Lipinski definition) is 3. The average Bonchev–Trinajstić information content (AvgIpc) is 2.59. The first kappa shape index (κ1) is 19.5. The molecule has 2 rings (SSSR count). The van der Waals surface area contributed by atoms with Crippen LogP contribution in [0.15, 0.2) is 42.5 Å². The highest BCUT2D eigenvalue weighted by atomic mass is 16.5. The lowest BCUT2D eigenvalue weighted by Crippen LogP contribution is -2.30. The largest absolute Gasteiger partial charge is 0.492 e. The van der Waals surface area contributed by atoms with Crippen molar-refractivity contribution in [2.45, 2.75) is 27.3 Å². The van der Waals surface area contributed by atoms with Crippen LogP contribution in [0.5, 0.6) is 5.75 Å². The minimum absolute atomic E-state index is 0.0555. The minimum Gasteiger partial charge on any atom is -0.492 e. The number of rotatable bonds is 7. The molecule has 2 aromatic rings. The molecule has 0 fully saturated rings. The summed E-state index contributed by atoms with van der Waals surface area (Å²) in [6.07, 6.45) is 0. The highest BCUT2D eigenvalue weighted by Gasteiger charge is 2.11. The van der Waals surface area contributed by atoms with Crippen LogP contribution in [0.4, 0.5) is 0 Å². The maximum Gasteiger partial charge on any atom is 0.253 e. The smallest absolute Gasteiger partial charge is 0.253 e. The maximum atomic E-state index is 12.5. The summed E-state index contributed by atoms with van der Waals surface area (Å²) in [6.45, 7) is 6.94. The molecule has 0 atom stereocenters. The number of carbonyl (C=O) groups is 2. The van der Waals surface area contributed by atoms with E-state index >= 15 is 0 Å². The van der Waals surface area contributed by atoms with Crippen LogP contribution in [0.2, 0.25) is 0 Å². The number of carbonyl (C=O) groups excluding carboxylic acids is 2. The van der Waals surface area contributed by atoms with Crippen LogP contribution in [0.25, 0.3) is 0 Å². The number of benzene rings is 2. The normalized spacial score (nSPS) is 10.3. The quantitative estimate of drug-likeness (QED) is 0.831. The molecule has 0 unspecified atom stereocenters. The van der Waals surface area contributed by atoms with Crippen molar-refractivity contribution in [3.05, 3.63) is 64.7 Å². The Kier molecular flexibility index (Phi) is 6.78. The molecule has 0 radical (unpaired) electrons. The summed E-state index contributed by atoms with van der Waals surface area (Å²) >= 11 is 0. The Bertz CT molecular complexity index is 749. The van der Waals surface area contributed by atoms with E-state index in [0.29, 0.717) is 25.3 Å². The van der Waals surface area contributed by atoms with Gasteiger partial charge in [0.15, 0.2) is 0 Å². The van der Waals surface area contributed by atoms with Gasteiger partial charge in [-0.05, 0) is 54.8 Å². The van der Waals surface area contributed by atoms with Crippen LogP contribution in [-0.4, -0.2) is 36.9 Å². The molecule has 0 saturated heterocycles. The van der Waals surface area contributed by atoms with Crippen molar-refractivity contribution in [2.75, 3.05) is 20.2 Å². The van der Waals surface area contributed by atoms with Crippen molar-refractivity contribution in [1.82, 2.24) is 10.2 Å². The molecule has 0 heterocycles. The van der Waals surface area contributed by atoms with Gasteiger partial charge in [0.2, 0.25) is 5.91 Å². The Morgan fingerprint density at radius 3 is 2.23 bits per heavy atom. The van der Waals surface area contributed by atoms with Crippen LogP contribution in [0.3, 0.4) is 0 Å². The van der Waals surface area contributed by atoms with Crippen LogP contribution in [0, 0.1) is 13.8 Å². The van der Waals surface area contributed by atoms with E-state index in [2.05, 4.69) is 11.4 Å². The molecular formula is C21H26N2O3. The molecular weight excluding hydrogens is 328 g/mol. The van der Waals surface area contributed by atoms with E-state index in [0.717, 1.165) is 22.4 Å². The molecule has 0 aliphatic heterocycles. The maximum absolute atomic E-state index is 12.5. The minimum atomic E-state index is -0.0753. The van der Waals surface area contributed by atoms with Gasteiger partial charge in [0.1, 0.15) is 12.4 Å². The second-order valence-electron chi connectivity index (χ2n) is 6.51. The van der Waals surface area contributed by atoms with E-state index in [1.807, 2.05) is 38.1 Å². The lowest BCUT2D eigenvalue weighted by molar-refractivity contribution is -0.119.